The van der Waals surface area contributed by atoms with Crippen LogP contribution in [0.1, 0.15) is 24.0 Å². The molecule has 1 aromatic carbocycles. The smallest absolute Gasteiger partial charge is 0.240 e. The van der Waals surface area contributed by atoms with E-state index in [-0.39, 0.29) is 6.54 Å². The lowest BCUT2D eigenvalue weighted by atomic mass is 10.2. The van der Waals surface area contributed by atoms with Gasteiger partial charge in [-0.15, -0.1) is 0 Å². The molecule has 112 valence electrons. The van der Waals surface area contributed by atoms with E-state index in [9.17, 15) is 8.42 Å². The van der Waals surface area contributed by atoms with Crippen LogP contribution in [0.3, 0.4) is 0 Å². The third-order valence-corrected chi connectivity index (χ3v) is 4.80. The first kappa shape index (κ1) is 14.2. The van der Waals surface area contributed by atoms with Gasteiger partial charge in [0.2, 0.25) is 10.0 Å². The largest absolute Gasteiger partial charge is 0.310 e. The van der Waals surface area contributed by atoms with Crippen molar-refractivity contribution in [3.63, 3.8) is 0 Å². The molecule has 1 heterocycles. The molecule has 0 bridgehead atoms. The molecule has 1 aromatic heterocycles. The van der Waals surface area contributed by atoms with Crippen molar-refractivity contribution >= 4 is 10.0 Å². The number of hydrogen-bond acceptors (Lipinski definition) is 4. The minimum Gasteiger partial charge on any atom is -0.310 e. The third-order valence-electron chi connectivity index (χ3n) is 3.40. The summed E-state index contributed by atoms with van der Waals surface area (Å²) in [5.41, 5.74) is 1.78. The fourth-order valence-electron chi connectivity index (χ4n) is 2.01. The van der Waals surface area contributed by atoms with E-state index in [4.69, 9.17) is 0 Å². The monoisotopic (exact) mass is 306 g/mol. The van der Waals surface area contributed by atoms with E-state index in [0.717, 1.165) is 11.1 Å². The Morgan fingerprint density at radius 1 is 1.24 bits per heavy atom. The van der Waals surface area contributed by atoms with Crippen molar-refractivity contribution in [2.75, 3.05) is 0 Å². The number of rotatable bonds is 7. The maximum absolute atomic E-state index is 12.3. The topological polar surface area (TPSA) is 86.9 Å². The van der Waals surface area contributed by atoms with Gasteiger partial charge in [-0.05, 0) is 30.5 Å². The zero-order chi connectivity index (χ0) is 14.7. The van der Waals surface area contributed by atoms with Crippen LogP contribution in [-0.2, 0) is 23.1 Å². The van der Waals surface area contributed by atoms with Gasteiger partial charge < -0.3 is 5.32 Å². The van der Waals surface area contributed by atoms with Gasteiger partial charge in [-0.25, -0.2) is 13.1 Å². The lowest BCUT2D eigenvalue weighted by Crippen LogP contribution is -2.23. The van der Waals surface area contributed by atoms with Crippen LogP contribution in [0.5, 0.6) is 0 Å². The number of benzene rings is 1. The summed E-state index contributed by atoms with van der Waals surface area (Å²) in [5.74, 6) is 0. The number of aromatic nitrogens is 2. The Hall–Kier alpha value is -1.70. The maximum Gasteiger partial charge on any atom is 0.240 e. The van der Waals surface area contributed by atoms with Gasteiger partial charge in [0.15, 0.2) is 0 Å². The lowest BCUT2D eigenvalue weighted by molar-refractivity contribution is 0.581. The molecule has 1 aliphatic carbocycles. The molecule has 6 nitrogen and oxygen atoms in total. The molecule has 1 fully saturated rings. The number of H-pyrrole nitrogens is 1. The van der Waals surface area contributed by atoms with Crippen LogP contribution in [0.15, 0.2) is 41.6 Å². The summed E-state index contributed by atoms with van der Waals surface area (Å²) in [6, 6.07) is 7.64. The van der Waals surface area contributed by atoms with Crippen LogP contribution in [0.4, 0.5) is 0 Å². The highest BCUT2D eigenvalue weighted by Gasteiger charge is 2.20. The quantitative estimate of drug-likeness (QED) is 0.716. The van der Waals surface area contributed by atoms with Crippen LogP contribution < -0.4 is 10.0 Å². The molecule has 0 atom stereocenters. The highest BCUT2D eigenvalue weighted by molar-refractivity contribution is 7.89. The third kappa shape index (κ3) is 3.90. The molecule has 0 aliphatic heterocycles. The molecule has 3 N–H and O–H groups in total. The van der Waals surface area contributed by atoms with Crippen LogP contribution in [-0.4, -0.2) is 24.7 Å². The van der Waals surface area contributed by atoms with Gasteiger partial charge in [0.1, 0.15) is 0 Å². The van der Waals surface area contributed by atoms with Crippen molar-refractivity contribution in [1.29, 1.82) is 0 Å². The van der Waals surface area contributed by atoms with E-state index in [1.807, 2.05) is 6.07 Å². The van der Waals surface area contributed by atoms with Crippen molar-refractivity contribution in [2.24, 2.45) is 0 Å². The van der Waals surface area contributed by atoms with Crippen LogP contribution >= 0.6 is 0 Å². The Bertz CT molecular complexity index is 694. The van der Waals surface area contributed by atoms with Gasteiger partial charge in [0.25, 0.3) is 0 Å². The van der Waals surface area contributed by atoms with E-state index < -0.39 is 10.0 Å². The summed E-state index contributed by atoms with van der Waals surface area (Å²) < 4.78 is 27.1. The summed E-state index contributed by atoms with van der Waals surface area (Å²) in [6.07, 6.45) is 5.69. The van der Waals surface area contributed by atoms with Gasteiger partial charge in [-0.3, -0.25) is 5.10 Å². The highest BCUT2D eigenvalue weighted by Crippen LogP contribution is 2.20. The molecule has 1 saturated carbocycles. The predicted octanol–water partition coefficient (Wildman–Crippen LogP) is 1.14. The van der Waals surface area contributed by atoms with Crippen LogP contribution in [0, 0.1) is 0 Å². The highest BCUT2D eigenvalue weighted by atomic mass is 32.2. The number of nitrogens with one attached hydrogen (secondary N) is 3. The Morgan fingerprint density at radius 2 is 2.10 bits per heavy atom. The maximum atomic E-state index is 12.3. The van der Waals surface area contributed by atoms with Crippen LogP contribution in [0.25, 0.3) is 0 Å². The predicted molar refractivity (Wildman–Crippen MR) is 78.9 cm³/mol. The second-order valence-corrected chi connectivity index (χ2v) is 7.00. The summed E-state index contributed by atoms with van der Waals surface area (Å²) in [6.45, 7) is 0.930. The Morgan fingerprint density at radius 3 is 2.81 bits per heavy atom. The Kier molecular flexibility index (Phi) is 4.05. The van der Waals surface area contributed by atoms with E-state index in [1.54, 1.807) is 30.6 Å². The minimum atomic E-state index is -3.50. The number of hydrogen-bond donors (Lipinski definition) is 3. The molecule has 2 aromatic rings. The van der Waals surface area contributed by atoms with Crippen molar-refractivity contribution < 1.29 is 8.42 Å². The summed E-state index contributed by atoms with van der Waals surface area (Å²) >= 11 is 0. The van der Waals surface area contributed by atoms with Gasteiger partial charge in [-0.1, -0.05) is 12.1 Å². The minimum absolute atomic E-state index is 0.226. The number of nitrogens with zero attached hydrogens (tertiary/aromatic N) is 1. The van der Waals surface area contributed by atoms with Crippen molar-refractivity contribution in [3.05, 3.63) is 47.8 Å². The van der Waals surface area contributed by atoms with Gasteiger partial charge >= 0.3 is 0 Å². The van der Waals surface area contributed by atoms with E-state index >= 15 is 0 Å². The number of sulfonamides is 1. The second-order valence-electron chi connectivity index (χ2n) is 5.23. The first-order valence-electron chi connectivity index (χ1n) is 6.93. The Labute approximate surface area is 124 Å². The zero-order valence-corrected chi connectivity index (χ0v) is 12.4. The molecule has 0 saturated heterocycles. The number of aromatic amines is 1. The molecule has 0 amide bonds. The van der Waals surface area contributed by atoms with Gasteiger partial charge in [-0.2, -0.15) is 5.10 Å². The summed E-state index contributed by atoms with van der Waals surface area (Å²) in [4.78, 5) is 0.293. The van der Waals surface area contributed by atoms with Gasteiger partial charge in [0, 0.05) is 30.9 Å². The summed E-state index contributed by atoms with van der Waals surface area (Å²) in [5, 5.41) is 9.82. The van der Waals surface area contributed by atoms with E-state index in [1.165, 1.54) is 12.8 Å². The Balaban J connectivity index is 1.67. The molecule has 0 radical (unpaired) electrons. The first-order valence-corrected chi connectivity index (χ1v) is 8.41. The van der Waals surface area contributed by atoms with Gasteiger partial charge in [0.05, 0.1) is 11.1 Å². The van der Waals surface area contributed by atoms with Crippen molar-refractivity contribution in [3.8, 4) is 0 Å². The zero-order valence-electron chi connectivity index (χ0n) is 11.5. The van der Waals surface area contributed by atoms with Crippen molar-refractivity contribution in [1.82, 2.24) is 20.2 Å². The molecular weight excluding hydrogens is 288 g/mol. The molecular formula is C14H18N4O2S. The molecule has 3 rings (SSSR count). The standard InChI is InChI=1S/C14H18N4O2S/c19-21(20,18-10-12-8-16-17-9-12)14-3-1-2-11(6-14)7-15-13-4-5-13/h1-3,6,8-9,13,15,18H,4-5,7,10H2,(H,16,17). The van der Waals surface area contributed by atoms with Crippen molar-refractivity contribution in [2.45, 2.75) is 36.9 Å². The molecule has 7 heteroatoms. The average molecular weight is 306 g/mol. The fourth-order valence-corrected chi connectivity index (χ4v) is 3.10. The van der Waals surface area contributed by atoms with E-state index in [0.29, 0.717) is 17.5 Å². The normalized spacial score (nSPS) is 15.2. The summed E-state index contributed by atoms with van der Waals surface area (Å²) in [7, 11) is -3.50. The molecule has 1 aliphatic rings. The average Bonchev–Trinajstić information content (AvgIpc) is 3.17. The molecule has 0 unspecified atom stereocenters. The molecule has 21 heavy (non-hydrogen) atoms. The van der Waals surface area contributed by atoms with E-state index in [2.05, 4.69) is 20.2 Å². The fraction of sp³-hybridized carbons (Fsp3) is 0.357. The SMILES string of the molecule is O=S(=O)(NCc1cn[nH]c1)c1cccc(CNC2CC2)c1. The molecule has 0 spiro atoms. The first-order chi connectivity index (χ1) is 10.1. The lowest BCUT2D eigenvalue weighted by Gasteiger charge is -2.08. The second kappa shape index (κ2) is 5.97. The van der Waals surface area contributed by atoms with Crippen LogP contribution in [0.2, 0.25) is 0 Å².